The van der Waals surface area contributed by atoms with Crippen LogP contribution in [0.2, 0.25) is 20.0 Å². The Morgan fingerprint density at radius 1 is 1.00 bits per heavy atom. The zero-order valence-electron chi connectivity index (χ0n) is 12.6. The van der Waals surface area contributed by atoms with E-state index >= 15 is 0 Å². The normalized spacial score (nSPS) is 15.4. The summed E-state index contributed by atoms with van der Waals surface area (Å²) in [5.41, 5.74) is 5.24. The van der Waals surface area contributed by atoms with Gasteiger partial charge in [0, 0.05) is 0 Å². The molecule has 2 aliphatic rings. The van der Waals surface area contributed by atoms with Crippen molar-refractivity contribution in [3.8, 4) is 0 Å². The van der Waals surface area contributed by atoms with Gasteiger partial charge in [0.2, 0.25) is 0 Å². The molecule has 0 saturated carbocycles. The van der Waals surface area contributed by atoms with Gasteiger partial charge in [-0.1, -0.05) is 61.3 Å². The molecule has 0 spiro atoms. The van der Waals surface area contributed by atoms with Gasteiger partial charge in [-0.05, 0) is 29.6 Å². The number of fused-ring (bicyclic) bond motifs is 2. The molecule has 0 atom stereocenters. The molecule has 0 fully saturated rings. The summed E-state index contributed by atoms with van der Waals surface area (Å²) in [6.45, 7) is 5.77. The first-order valence-corrected chi connectivity index (χ1v) is 7.63. The summed E-state index contributed by atoms with van der Waals surface area (Å²) in [6, 6.07) is 13.6. The van der Waals surface area contributed by atoms with Gasteiger partial charge in [-0.2, -0.15) is 0 Å². The lowest BCUT2D eigenvalue weighted by molar-refractivity contribution is 0.333. The maximum absolute atomic E-state index is 12.6. The Hall–Kier alpha value is -1.54. The molecule has 2 heterocycles. The summed E-state index contributed by atoms with van der Waals surface area (Å²) >= 11 is 0. The van der Waals surface area contributed by atoms with E-state index in [9.17, 15) is 4.39 Å². The van der Waals surface area contributed by atoms with Gasteiger partial charge in [0.1, 0.15) is 5.82 Å². The molecule has 2 aromatic carbocycles. The van der Waals surface area contributed by atoms with Crippen LogP contribution in [0.5, 0.6) is 0 Å². The first-order valence-electron chi connectivity index (χ1n) is 7.63. The lowest BCUT2D eigenvalue weighted by Crippen LogP contribution is -2.23. The number of aryl methyl sites for hydroxylation is 1. The SMILES string of the molecule is CB1CCc2ccccc21.CB1OCc2cc(F)ccc21. The Bertz CT molecular complexity index is 644. The maximum atomic E-state index is 12.6. The predicted octanol–water partition coefficient (Wildman–Crippen LogP) is 2.76. The Labute approximate surface area is 126 Å². The third-order valence-electron chi connectivity index (χ3n) is 4.46. The van der Waals surface area contributed by atoms with E-state index < -0.39 is 0 Å². The van der Waals surface area contributed by atoms with Gasteiger partial charge in [0.05, 0.1) is 6.61 Å². The zero-order valence-corrected chi connectivity index (χ0v) is 12.6. The van der Waals surface area contributed by atoms with Gasteiger partial charge in [0.15, 0.2) is 6.71 Å². The molecule has 0 bridgehead atoms. The highest BCUT2D eigenvalue weighted by atomic mass is 19.1. The van der Waals surface area contributed by atoms with Crippen LogP contribution < -0.4 is 10.9 Å². The van der Waals surface area contributed by atoms with Crippen LogP contribution in [0.4, 0.5) is 4.39 Å². The fraction of sp³-hybridized carbons (Fsp3) is 0.294. The first-order chi connectivity index (χ1) is 10.1. The summed E-state index contributed by atoms with van der Waals surface area (Å²) in [5.74, 6) is -0.179. The van der Waals surface area contributed by atoms with E-state index in [1.165, 1.54) is 18.8 Å². The number of rotatable bonds is 0. The highest BCUT2D eigenvalue weighted by Gasteiger charge is 2.22. The van der Waals surface area contributed by atoms with Crippen molar-refractivity contribution in [1.29, 1.82) is 0 Å². The Kier molecular flexibility index (Phi) is 4.16. The second kappa shape index (κ2) is 6.07. The third-order valence-corrected chi connectivity index (χ3v) is 4.46. The van der Waals surface area contributed by atoms with Crippen molar-refractivity contribution in [1.82, 2.24) is 0 Å². The fourth-order valence-electron chi connectivity index (χ4n) is 3.17. The summed E-state index contributed by atoms with van der Waals surface area (Å²) in [5, 5.41) is 0. The van der Waals surface area contributed by atoms with Crippen molar-refractivity contribution >= 4 is 24.6 Å². The highest BCUT2D eigenvalue weighted by molar-refractivity contribution is 6.73. The molecule has 2 aliphatic heterocycles. The Balaban J connectivity index is 0.000000126. The van der Waals surface area contributed by atoms with Gasteiger partial charge in [-0.25, -0.2) is 4.39 Å². The topological polar surface area (TPSA) is 9.23 Å². The largest absolute Gasteiger partial charge is 0.427 e. The van der Waals surface area contributed by atoms with Crippen molar-refractivity contribution in [2.24, 2.45) is 0 Å². The second-order valence-corrected chi connectivity index (χ2v) is 5.93. The van der Waals surface area contributed by atoms with Crippen molar-refractivity contribution in [3.05, 3.63) is 59.4 Å². The fourth-order valence-corrected chi connectivity index (χ4v) is 3.17. The molecule has 21 heavy (non-hydrogen) atoms. The van der Waals surface area contributed by atoms with Crippen LogP contribution >= 0.6 is 0 Å². The van der Waals surface area contributed by atoms with Crippen molar-refractivity contribution in [3.63, 3.8) is 0 Å². The van der Waals surface area contributed by atoms with Crippen LogP contribution in [0.3, 0.4) is 0 Å². The van der Waals surface area contributed by atoms with Gasteiger partial charge in [-0.3, -0.25) is 0 Å². The lowest BCUT2D eigenvalue weighted by atomic mass is 9.48. The summed E-state index contributed by atoms with van der Waals surface area (Å²) in [4.78, 5) is 0. The molecular formula is C17H19B2FO. The number of hydrogen-bond acceptors (Lipinski definition) is 1. The Morgan fingerprint density at radius 2 is 1.81 bits per heavy atom. The minimum atomic E-state index is -0.179. The monoisotopic (exact) mass is 280 g/mol. The van der Waals surface area contributed by atoms with Crippen LogP contribution in [0.1, 0.15) is 11.1 Å². The van der Waals surface area contributed by atoms with Crippen molar-refractivity contribution < 1.29 is 9.04 Å². The number of hydrogen-bond donors (Lipinski definition) is 0. The van der Waals surface area contributed by atoms with E-state index in [0.717, 1.165) is 17.7 Å². The van der Waals surface area contributed by atoms with E-state index in [0.29, 0.717) is 6.61 Å². The molecule has 0 aromatic heterocycles. The molecule has 0 aliphatic carbocycles. The van der Waals surface area contributed by atoms with Crippen LogP contribution in [0.15, 0.2) is 42.5 Å². The molecule has 0 saturated heterocycles. The predicted molar refractivity (Wildman–Crippen MR) is 88.6 cm³/mol. The molecule has 0 radical (unpaired) electrons. The van der Waals surface area contributed by atoms with E-state index in [-0.39, 0.29) is 12.7 Å². The van der Waals surface area contributed by atoms with Crippen LogP contribution in [-0.4, -0.2) is 13.6 Å². The molecule has 1 nitrogen and oxygen atoms in total. The standard InChI is InChI=1S/C9H11B.C8H8BFO/c1-10-7-6-8-4-2-3-5-9(8)10;1-9-8-3-2-7(10)4-6(8)5-11-9/h2-5H,6-7H2,1H3;2-4H,5H2,1H3. The molecular weight excluding hydrogens is 261 g/mol. The van der Waals surface area contributed by atoms with Crippen molar-refractivity contribution in [2.75, 3.05) is 0 Å². The van der Waals surface area contributed by atoms with Crippen LogP contribution in [-0.2, 0) is 17.7 Å². The molecule has 4 heteroatoms. The average molecular weight is 280 g/mol. The molecule has 2 aromatic rings. The van der Waals surface area contributed by atoms with Gasteiger partial charge >= 0.3 is 6.92 Å². The first kappa shape index (κ1) is 14.4. The quantitative estimate of drug-likeness (QED) is 0.674. The van der Waals surface area contributed by atoms with Gasteiger partial charge < -0.3 is 4.65 Å². The molecule has 4 rings (SSSR count). The lowest BCUT2D eigenvalue weighted by Gasteiger charge is -1.98. The summed E-state index contributed by atoms with van der Waals surface area (Å²) < 4.78 is 17.9. The molecule has 106 valence electrons. The average Bonchev–Trinajstić information content (AvgIpc) is 3.04. The third kappa shape index (κ3) is 3.06. The number of halogens is 1. The van der Waals surface area contributed by atoms with Gasteiger partial charge in [-0.15, -0.1) is 0 Å². The van der Waals surface area contributed by atoms with E-state index in [1.807, 2.05) is 6.82 Å². The van der Waals surface area contributed by atoms with Crippen LogP contribution in [0.25, 0.3) is 0 Å². The van der Waals surface area contributed by atoms with Crippen molar-refractivity contribution in [2.45, 2.75) is 33.0 Å². The molecule has 0 unspecified atom stereocenters. The number of benzene rings is 2. The smallest absolute Gasteiger partial charge is 0.324 e. The Morgan fingerprint density at radius 3 is 2.62 bits per heavy atom. The zero-order chi connectivity index (χ0) is 14.8. The van der Waals surface area contributed by atoms with E-state index in [1.54, 1.807) is 23.2 Å². The summed E-state index contributed by atoms with van der Waals surface area (Å²) in [6.07, 6.45) is 2.64. The maximum Gasteiger partial charge on any atom is 0.324 e. The van der Waals surface area contributed by atoms with E-state index in [2.05, 4.69) is 31.1 Å². The minimum Gasteiger partial charge on any atom is -0.427 e. The van der Waals surface area contributed by atoms with Crippen LogP contribution in [0, 0.1) is 5.82 Å². The minimum absolute atomic E-state index is 0.130. The van der Waals surface area contributed by atoms with E-state index in [4.69, 9.17) is 4.65 Å². The van der Waals surface area contributed by atoms with Gasteiger partial charge in [0.25, 0.3) is 0 Å². The molecule has 0 amide bonds. The summed E-state index contributed by atoms with van der Waals surface area (Å²) in [7, 11) is 0. The highest BCUT2D eigenvalue weighted by Crippen LogP contribution is 2.13. The second-order valence-electron chi connectivity index (χ2n) is 5.93. The molecule has 0 N–H and O–H groups in total.